The van der Waals surface area contributed by atoms with Gasteiger partial charge in [0.2, 0.25) is 5.89 Å². The third kappa shape index (κ3) is 5.61. The molecule has 176 valence electrons. The summed E-state index contributed by atoms with van der Waals surface area (Å²) in [7, 11) is -3.92. The maximum atomic E-state index is 13.2. The maximum Gasteiger partial charge on any atom is 0.297 e. The van der Waals surface area contributed by atoms with Crippen LogP contribution in [0.2, 0.25) is 0 Å². The first kappa shape index (κ1) is 23.4. The molecule has 4 rings (SSSR count). The number of rotatable bonds is 7. The zero-order valence-electron chi connectivity index (χ0n) is 18.6. The van der Waals surface area contributed by atoms with Gasteiger partial charge in [-0.3, -0.25) is 4.18 Å². The Kier molecular flexibility index (Phi) is 6.83. The van der Waals surface area contributed by atoms with Crippen molar-refractivity contribution in [1.29, 1.82) is 0 Å². The second-order valence-corrected chi connectivity index (χ2v) is 9.89. The Morgan fingerprint density at radius 3 is 2.58 bits per heavy atom. The van der Waals surface area contributed by atoms with Crippen molar-refractivity contribution in [2.24, 2.45) is 0 Å². The Morgan fingerprint density at radius 2 is 1.85 bits per heavy atom. The Morgan fingerprint density at radius 1 is 1.12 bits per heavy atom. The van der Waals surface area contributed by atoms with Crippen LogP contribution in [0, 0.1) is 19.7 Å². The second kappa shape index (κ2) is 9.62. The molecule has 2 atom stereocenters. The number of halogens is 1. The van der Waals surface area contributed by atoms with Gasteiger partial charge in [0.05, 0.1) is 23.7 Å². The highest BCUT2D eigenvalue weighted by Crippen LogP contribution is 2.29. The highest BCUT2D eigenvalue weighted by Gasteiger charge is 2.29. The smallest absolute Gasteiger partial charge is 0.297 e. The molecule has 0 radical (unpaired) electrons. The summed E-state index contributed by atoms with van der Waals surface area (Å²) >= 11 is 0. The van der Waals surface area contributed by atoms with E-state index in [1.807, 2.05) is 6.92 Å². The van der Waals surface area contributed by atoms with Crippen molar-refractivity contribution in [1.82, 2.24) is 4.98 Å². The molecule has 1 aromatic heterocycles. The van der Waals surface area contributed by atoms with Crippen molar-refractivity contribution in [3.05, 3.63) is 65.3 Å². The summed E-state index contributed by atoms with van der Waals surface area (Å²) in [6.45, 7) is 3.84. The summed E-state index contributed by atoms with van der Waals surface area (Å²) in [5.41, 5.74) is 8.41. The lowest BCUT2D eigenvalue weighted by molar-refractivity contribution is -0.0162. The van der Waals surface area contributed by atoms with Crippen LogP contribution in [0.15, 0.2) is 51.8 Å². The van der Waals surface area contributed by atoms with E-state index < -0.39 is 16.2 Å². The number of aryl methyl sites for hydroxylation is 2. The molecule has 0 aliphatic heterocycles. The van der Waals surface area contributed by atoms with Gasteiger partial charge in [0.15, 0.2) is 0 Å². The fourth-order valence-electron chi connectivity index (χ4n) is 3.82. The first-order valence-corrected chi connectivity index (χ1v) is 12.3. The molecule has 1 fully saturated rings. The van der Waals surface area contributed by atoms with Gasteiger partial charge in [-0.25, -0.2) is 9.37 Å². The van der Waals surface area contributed by atoms with Crippen molar-refractivity contribution in [3.63, 3.8) is 0 Å². The molecule has 0 spiro atoms. The van der Waals surface area contributed by atoms with E-state index in [2.05, 4.69) is 4.98 Å². The number of anilines is 1. The molecule has 3 aromatic rings. The van der Waals surface area contributed by atoms with Crippen LogP contribution in [0.3, 0.4) is 0 Å². The summed E-state index contributed by atoms with van der Waals surface area (Å²) in [5.74, 6) is 0.699. The maximum absolute atomic E-state index is 13.2. The Labute approximate surface area is 192 Å². The largest absolute Gasteiger partial charge is 0.441 e. The minimum atomic E-state index is -3.92. The van der Waals surface area contributed by atoms with E-state index in [1.165, 1.54) is 24.3 Å². The van der Waals surface area contributed by atoms with E-state index in [1.54, 1.807) is 25.1 Å². The van der Waals surface area contributed by atoms with E-state index in [-0.39, 0.29) is 23.4 Å². The molecule has 2 N–H and O–H groups in total. The van der Waals surface area contributed by atoms with Gasteiger partial charge in [0.1, 0.15) is 17.3 Å². The Hall–Kier alpha value is -2.75. The lowest BCUT2D eigenvalue weighted by atomic mass is 9.95. The molecule has 9 heteroatoms. The molecule has 1 heterocycles. The number of aromatic nitrogens is 1. The molecule has 33 heavy (non-hydrogen) atoms. The standard InChI is InChI=1S/C24H27FN2O5S/c1-15-6-11-21(13-22(15)26)33(28,29)32-20-5-3-4-19(12-20)30-14-23-16(2)31-24(27-23)17-7-9-18(25)10-8-17/h6-11,13,19-20H,3-5,12,14,26H2,1-2H3. The number of ether oxygens (including phenoxy) is 1. The van der Waals surface area contributed by atoms with E-state index >= 15 is 0 Å². The van der Waals surface area contributed by atoms with Crippen LogP contribution in [-0.2, 0) is 25.6 Å². The van der Waals surface area contributed by atoms with Crippen molar-refractivity contribution >= 4 is 15.8 Å². The molecule has 0 bridgehead atoms. The minimum Gasteiger partial charge on any atom is -0.441 e. The van der Waals surface area contributed by atoms with Gasteiger partial charge in [-0.2, -0.15) is 8.42 Å². The topological polar surface area (TPSA) is 105 Å². The van der Waals surface area contributed by atoms with Crippen LogP contribution in [0.1, 0.15) is 42.7 Å². The fraction of sp³-hybridized carbons (Fsp3) is 0.375. The van der Waals surface area contributed by atoms with Crippen LogP contribution >= 0.6 is 0 Å². The SMILES string of the molecule is Cc1ccc(S(=O)(=O)OC2CCCC(OCc3nc(-c4ccc(F)cc4)oc3C)C2)cc1N. The fourth-order valence-corrected chi connectivity index (χ4v) is 4.97. The number of benzene rings is 2. The average molecular weight is 475 g/mol. The van der Waals surface area contributed by atoms with Gasteiger partial charge < -0.3 is 14.9 Å². The van der Waals surface area contributed by atoms with E-state index in [0.29, 0.717) is 41.4 Å². The average Bonchev–Trinajstić information content (AvgIpc) is 3.15. The van der Waals surface area contributed by atoms with Gasteiger partial charge in [0.25, 0.3) is 10.1 Å². The molecule has 7 nitrogen and oxygen atoms in total. The first-order valence-electron chi connectivity index (χ1n) is 10.8. The molecular weight excluding hydrogens is 447 g/mol. The van der Waals surface area contributed by atoms with Gasteiger partial charge in [-0.15, -0.1) is 0 Å². The van der Waals surface area contributed by atoms with E-state index in [4.69, 9.17) is 19.1 Å². The predicted molar refractivity (Wildman–Crippen MR) is 121 cm³/mol. The summed E-state index contributed by atoms with van der Waals surface area (Å²) in [6, 6.07) is 10.5. The number of nitrogen functional groups attached to an aromatic ring is 1. The zero-order chi connectivity index (χ0) is 23.6. The highest BCUT2D eigenvalue weighted by atomic mass is 32.2. The number of hydrogen-bond donors (Lipinski definition) is 1. The first-order chi connectivity index (χ1) is 15.7. The summed E-state index contributed by atoms with van der Waals surface area (Å²) < 4.78 is 55.8. The lowest BCUT2D eigenvalue weighted by Gasteiger charge is -2.28. The van der Waals surface area contributed by atoms with Crippen LogP contribution in [0.25, 0.3) is 11.5 Å². The summed E-state index contributed by atoms with van der Waals surface area (Å²) in [4.78, 5) is 4.53. The van der Waals surface area contributed by atoms with Crippen molar-refractivity contribution < 1.29 is 26.1 Å². The molecular formula is C24H27FN2O5S. The lowest BCUT2D eigenvalue weighted by Crippen LogP contribution is -2.30. The van der Waals surface area contributed by atoms with Crippen LogP contribution in [0.4, 0.5) is 10.1 Å². The molecule has 1 aliphatic carbocycles. The molecule has 2 aromatic carbocycles. The summed E-state index contributed by atoms with van der Waals surface area (Å²) in [6.07, 6.45) is 2.07. The summed E-state index contributed by atoms with van der Waals surface area (Å²) in [5, 5.41) is 0. The van der Waals surface area contributed by atoms with Crippen molar-refractivity contribution in [2.75, 3.05) is 5.73 Å². The molecule has 2 unspecified atom stereocenters. The molecule has 1 aliphatic rings. The molecule has 1 saturated carbocycles. The Balaban J connectivity index is 1.36. The monoisotopic (exact) mass is 474 g/mol. The van der Waals surface area contributed by atoms with Gasteiger partial charge in [-0.05, 0) is 75.1 Å². The van der Waals surface area contributed by atoms with E-state index in [0.717, 1.165) is 18.4 Å². The predicted octanol–water partition coefficient (Wildman–Crippen LogP) is 4.91. The third-order valence-corrected chi connectivity index (χ3v) is 7.18. The van der Waals surface area contributed by atoms with Gasteiger partial charge in [0, 0.05) is 17.7 Å². The second-order valence-electron chi connectivity index (χ2n) is 8.32. The minimum absolute atomic E-state index is 0.0557. The third-order valence-electron chi connectivity index (χ3n) is 5.82. The van der Waals surface area contributed by atoms with Crippen molar-refractivity contribution in [2.45, 2.75) is 63.2 Å². The quantitative estimate of drug-likeness (QED) is 0.383. The zero-order valence-corrected chi connectivity index (χ0v) is 19.4. The highest BCUT2D eigenvalue weighted by molar-refractivity contribution is 7.86. The van der Waals surface area contributed by atoms with E-state index in [9.17, 15) is 12.8 Å². The Bertz CT molecular complexity index is 1220. The van der Waals surface area contributed by atoms with Crippen LogP contribution < -0.4 is 5.73 Å². The number of hydrogen-bond acceptors (Lipinski definition) is 7. The molecule has 0 amide bonds. The van der Waals surface area contributed by atoms with Crippen LogP contribution in [-0.4, -0.2) is 25.6 Å². The molecule has 0 saturated heterocycles. The normalized spacial score (nSPS) is 19.0. The number of nitrogens with zero attached hydrogens (tertiary/aromatic N) is 1. The van der Waals surface area contributed by atoms with Crippen LogP contribution in [0.5, 0.6) is 0 Å². The van der Waals surface area contributed by atoms with Gasteiger partial charge in [-0.1, -0.05) is 6.07 Å². The number of oxazole rings is 1. The number of nitrogens with two attached hydrogens (primary N) is 1. The van der Waals surface area contributed by atoms with Crippen molar-refractivity contribution in [3.8, 4) is 11.5 Å². The van der Waals surface area contributed by atoms with Gasteiger partial charge >= 0.3 is 0 Å².